The van der Waals surface area contributed by atoms with Crippen LogP contribution in [0.25, 0.3) is 22.1 Å². The highest BCUT2D eigenvalue weighted by molar-refractivity contribution is 5.83. The largest absolute Gasteiger partial charge is 0.478 e. The smallest absolute Gasteiger partial charge is 0.344 e. The topological polar surface area (TPSA) is 78.6 Å². The fraction of sp³-hybridized carbons (Fsp3) is 0.595. The summed E-state index contributed by atoms with van der Waals surface area (Å²) in [6.07, 6.45) is 11.0. The molecule has 2 heterocycles. The third-order valence-corrected chi connectivity index (χ3v) is 8.55. The molecule has 0 aliphatic carbocycles. The van der Waals surface area contributed by atoms with E-state index in [1.165, 1.54) is 0 Å². The van der Waals surface area contributed by atoms with Crippen LogP contribution in [0.5, 0.6) is 5.88 Å². The van der Waals surface area contributed by atoms with E-state index in [-0.39, 0.29) is 22.9 Å². The number of carbonyl (C=O) groups is 1. The number of fused-ring (bicyclic) bond motifs is 1. The Morgan fingerprint density at radius 3 is 2.26 bits per heavy atom. The van der Waals surface area contributed by atoms with Gasteiger partial charge in [0.15, 0.2) is 0 Å². The zero-order valence-corrected chi connectivity index (χ0v) is 27.8. The number of unbranched alkanes of at least 4 members (excludes halogenated alkanes) is 6. The molecule has 0 saturated heterocycles. The standard InChI is InChI=1S/C37H53NO5/c1-9-28-19-17-18-26(2)33(28)30-22-29-25-38-32(23-31(29)43-34(30)39)41-20-15-13-11-10-12-14-16-21-42-35(40)37(7,8)27(3)24-36(4,5)6/h17-19,22-23,25,27H,9-16,20-21,24H2,1-8H3. The normalized spacial score (nSPS) is 12.8. The maximum absolute atomic E-state index is 12.9. The fourth-order valence-corrected chi connectivity index (χ4v) is 5.65. The molecular weight excluding hydrogens is 538 g/mol. The van der Waals surface area contributed by atoms with Crippen LogP contribution in [0.1, 0.15) is 111 Å². The summed E-state index contributed by atoms with van der Waals surface area (Å²) in [4.78, 5) is 30.0. The van der Waals surface area contributed by atoms with Gasteiger partial charge in [0.25, 0.3) is 0 Å². The molecule has 1 atom stereocenters. The van der Waals surface area contributed by atoms with E-state index in [0.29, 0.717) is 30.2 Å². The summed E-state index contributed by atoms with van der Waals surface area (Å²) in [6.45, 7) is 18.0. The van der Waals surface area contributed by atoms with Gasteiger partial charge in [-0.25, -0.2) is 9.78 Å². The maximum atomic E-state index is 12.9. The fourth-order valence-electron chi connectivity index (χ4n) is 5.65. The van der Waals surface area contributed by atoms with E-state index in [1.54, 1.807) is 12.3 Å². The lowest BCUT2D eigenvalue weighted by atomic mass is 9.72. The Hall–Kier alpha value is -3.15. The molecule has 0 radical (unpaired) electrons. The van der Waals surface area contributed by atoms with Crippen molar-refractivity contribution >= 4 is 16.9 Å². The number of esters is 1. The minimum Gasteiger partial charge on any atom is -0.478 e. The minimum atomic E-state index is -0.463. The quantitative estimate of drug-likeness (QED) is 0.122. The lowest BCUT2D eigenvalue weighted by Gasteiger charge is -2.34. The molecule has 0 aliphatic rings. The Morgan fingerprint density at radius 1 is 0.953 bits per heavy atom. The van der Waals surface area contributed by atoms with Crippen LogP contribution < -0.4 is 10.4 Å². The Balaban J connectivity index is 1.33. The summed E-state index contributed by atoms with van der Waals surface area (Å²) in [5.41, 5.74) is 3.58. The second-order valence-electron chi connectivity index (χ2n) is 13.8. The van der Waals surface area contributed by atoms with E-state index in [1.807, 2.05) is 39.0 Å². The number of pyridine rings is 1. The summed E-state index contributed by atoms with van der Waals surface area (Å²) >= 11 is 0. The van der Waals surface area contributed by atoms with Gasteiger partial charge in [-0.3, -0.25) is 4.79 Å². The Bertz CT molecular complexity index is 1400. The molecule has 6 heteroatoms. The number of hydrogen-bond donors (Lipinski definition) is 0. The number of nitrogens with zero attached hydrogens (tertiary/aromatic N) is 1. The molecule has 0 spiro atoms. The van der Waals surface area contributed by atoms with E-state index < -0.39 is 5.41 Å². The molecule has 0 amide bonds. The Labute approximate surface area is 258 Å². The van der Waals surface area contributed by atoms with Gasteiger partial charge < -0.3 is 13.9 Å². The first kappa shape index (κ1) is 34.3. The van der Waals surface area contributed by atoms with Crippen LogP contribution >= 0.6 is 0 Å². The SMILES string of the molecule is CCc1cccc(C)c1-c1cc2cnc(OCCCCCCCCCOC(=O)C(C)(C)C(C)CC(C)(C)C)cc2oc1=O. The minimum absolute atomic E-state index is 0.0788. The van der Waals surface area contributed by atoms with Crippen LogP contribution in [0.15, 0.2) is 45.7 Å². The Kier molecular flexibility index (Phi) is 12.4. The predicted molar refractivity (Wildman–Crippen MR) is 176 cm³/mol. The van der Waals surface area contributed by atoms with Crippen LogP contribution in [0.3, 0.4) is 0 Å². The van der Waals surface area contributed by atoms with Crippen LogP contribution in [-0.4, -0.2) is 24.2 Å². The summed E-state index contributed by atoms with van der Waals surface area (Å²) in [5.74, 6) is 0.664. The average molecular weight is 592 g/mol. The van der Waals surface area contributed by atoms with Gasteiger partial charge in [-0.2, -0.15) is 0 Å². The summed E-state index contributed by atoms with van der Waals surface area (Å²) in [5, 5.41) is 0.779. The molecule has 3 rings (SSSR count). The number of carbonyl (C=O) groups excluding carboxylic acids is 1. The number of aromatic nitrogens is 1. The molecule has 0 N–H and O–H groups in total. The maximum Gasteiger partial charge on any atom is 0.344 e. The lowest BCUT2D eigenvalue weighted by molar-refractivity contribution is -0.157. The van der Waals surface area contributed by atoms with Gasteiger partial charge in [-0.05, 0) is 80.5 Å². The van der Waals surface area contributed by atoms with Crippen molar-refractivity contribution in [3.05, 3.63) is 58.1 Å². The van der Waals surface area contributed by atoms with Crippen LogP contribution in [0.2, 0.25) is 0 Å². The highest BCUT2D eigenvalue weighted by atomic mass is 16.5. The van der Waals surface area contributed by atoms with Gasteiger partial charge >= 0.3 is 11.6 Å². The van der Waals surface area contributed by atoms with Gasteiger partial charge in [-0.15, -0.1) is 0 Å². The molecule has 43 heavy (non-hydrogen) atoms. The van der Waals surface area contributed by atoms with Gasteiger partial charge in [0.05, 0.1) is 24.2 Å². The second kappa shape index (κ2) is 15.5. The zero-order valence-electron chi connectivity index (χ0n) is 27.8. The second-order valence-corrected chi connectivity index (χ2v) is 13.8. The number of rotatable bonds is 16. The summed E-state index contributed by atoms with van der Waals surface area (Å²) in [6, 6.07) is 9.67. The first-order valence-electron chi connectivity index (χ1n) is 16.2. The predicted octanol–water partition coefficient (Wildman–Crippen LogP) is 9.48. The molecule has 236 valence electrons. The number of hydrogen-bond acceptors (Lipinski definition) is 6. The van der Waals surface area contributed by atoms with E-state index in [4.69, 9.17) is 13.9 Å². The number of aryl methyl sites for hydroxylation is 2. The highest BCUT2D eigenvalue weighted by Crippen LogP contribution is 2.37. The van der Waals surface area contributed by atoms with Crippen molar-refractivity contribution in [1.29, 1.82) is 0 Å². The molecule has 6 nitrogen and oxygen atoms in total. The molecule has 1 unspecified atom stereocenters. The van der Waals surface area contributed by atoms with E-state index in [9.17, 15) is 9.59 Å². The van der Waals surface area contributed by atoms with Gasteiger partial charge in [0.1, 0.15) is 5.58 Å². The third-order valence-electron chi connectivity index (χ3n) is 8.55. The van der Waals surface area contributed by atoms with E-state index in [2.05, 4.69) is 45.7 Å². The van der Waals surface area contributed by atoms with Crippen molar-refractivity contribution < 1.29 is 18.7 Å². The van der Waals surface area contributed by atoms with Crippen LogP contribution in [0.4, 0.5) is 0 Å². The first-order chi connectivity index (χ1) is 20.3. The van der Waals surface area contributed by atoms with Gasteiger partial charge in [0.2, 0.25) is 5.88 Å². The summed E-state index contributed by atoms with van der Waals surface area (Å²) < 4.78 is 17.2. The van der Waals surface area contributed by atoms with Gasteiger partial charge in [0, 0.05) is 17.6 Å². The van der Waals surface area contributed by atoms with Crippen molar-refractivity contribution in [3.8, 4) is 17.0 Å². The number of ether oxygens (including phenoxy) is 2. The molecule has 0 aliphatic heterocycles. The molecule has 3 aromatic rings. The van der Waals surface area contributed by atoms with E-state index in [0.717, 1.165) is 79.9 Å². The van der Waals surface area contributed by atoms with E-state index >= 15 is 0 Å². The summed E-state index contributed by atoms with van der Waals surface area (Å²) in [7, 11) is 0. The van der Waals surface area contributed by atoms with Crippen molar-refractivity contribution in [2.45, 2.75) is 113 Å². The first-order valence-corrected chi connectivity index (χ1v) is 16.2. The monoisotopic (exact) mass is 591 g/mol. The number of benzene rings is 1. The van der Waals surface area contributed by atoms with Gasteiger partial charge in [-0.1, -0.05) is 84.9 Å². The van der Waals surface area contributed by atoms with Crippen LogP contribution in [-0.2, 0) is 16.0 Å². The molecule has 2 aromatic heterocycles. The van der Waals surface area contributed by atoms with Crippen molar-refractivity contribution in [3.63, 3.8) is 0 Å². The molecule has 0 bridgehead atoms. The van der Waals surface area contributed by atoms with Crippen molar-refractivity contribution in [1.82, 2.24) is 4.98 Å². The molecule has 0 saturated carbocycles. The van der Waals surface area contributed by atoms with Crippen molar-refractivity contribution in [2.24, 2.45) is 16.7 Å². The molecule has 1 aromatic carbocycles. The Morgan fingerprint density at radius 2 is 1.60 bits per heavy atom. The average Bonchev–Trinajstić information content (AvgIpc) is 2.94. The van der Waals surface area contributed by atoms with Crippen LogP contribution in [0, 0.1) is 23.7 Å². The molecule has 0 fully saturated rings. The third kappa shape index (κ3) is 9.94. The lowest BCUT2D eigenvalue weighted by Crippen LogP contribution is -2.35. The zero-order chi connectivity index (χ0) is 31.6. The highest BCUT2D eigenvalue weighted by Gasteiger charge is 2.37. The van der Waals surface area contributed by atoms with Crippen molar-refractivity contribution in [2.75, 3.05) is 13.2 Å². The molecular formula is C37H53NO5.